The van der Waals surface area contributed by atoms with Gasteiger partial charge in [0.2, 0.25) is 0 Å². The zero-order valence-electron chi connectivity index (χ0n) is 5.39. The SMILES string of the molecule is CCCC(O)C(C)I. The minimum absolute atomic E-state index is 0.0967. The maximum absolute atomic E-state index is 9.12. The Kier molecular flexibility index (Phi) is 4.95. The molecule has 0 aliphatic heterocycles. The van der Waals surface area contributed by atoms with Crippen molar-refractivity contribution in [2.45, 2.75) is 36.7 Å². The number of alkyl halides is 1. The number of aliphatic hydroxyl groups excluding tert-OH is 1. The van der Waals surface area contributed by atoms with Crippen LogP contribution in [0.5, 0.6) is 0 Å². The zero-order chi connectivity index (χ0) is 6.57. The van der Waals surface area contributed by atoms with E-state index >= 15 is 0 Å². The van der Waals surface area contributed by atoms with Gasteiger partial charge in [-0.3, -0.25) is 0 Å². The van der Waals surface area contributed by atoms with Gasteiger partial charge < -0.3 is 5.11 Å². The van der Waals surface area contributed by atoms with Crippen molar-refractivity contribution in [1.29, 1.82) is 0 Å². The van der Waals surface area contributed by atoms with Crippen LogP contribution in [0.1, 0.15) is 26.7 Å². The third kappa shape index (κ3) is 3.66. The Hall–Kier alpha value is 0.690. The Balaban J connectivity index is 3.17. The van der Waals surface area contributed by atoms with Crippen LogP contribution in [-0.2, 0) is 0 Å². The van der Waals surface area contributed by atoms with Gasteiger partial charge in [0.1, 0.15) is 0 Å². The predicted octanol–water partition coefficient (Wildman–Crippen LogP) is 1.97. The van der Waals surface area contributed by atoms with Crippen LogP contribution in [0.15, 0.2) is 0 Å². The molecule has 50 valence electrons. The fraction of sp³-hybridized carbons (Fsp3) is 1.00. The van der Waals surface area contributed by atoms with Crippen molar-refractivity contribution in [2.24, 2.45) is 0 Å². The van der Waals surface area contributed by atoms with E-state index in [2.05, 4.69) is 29.5 Å². The van der Waals surface area contributed by atoms with Crippen molar-refractivity contribution in [2.75, 3.05) is 0 Å². The Labute approximate surface area is 64.6 Å². The van der Waals surface area contributed by atoms with Gasteiger partial charge in [-0.15, -0.1) is 0 Å². The summed E-state index contributed by atoms with van der Waals surface area (Å²) in [6.07, 6.45) is 1.92. The molecule has 0 radical (unpaired) electrons. The molecule has 0 heterocycles. The van der Waals surface area contributed by atoms with Crippen LogP contribution in [0.3, 0.4) is 0 Å². The standard InChI is InChI=1S/C6H13IO/c1-3-4-6(8)5(2)7/h5-6,8H,3-4H2,1-2H3. The van der Waals surface area contributed by atoms with E-state index in [1.165, 1.54) is 0 Å². The molecule has 0 aromatic heterocycles. The highest BCUT2D eigenvalue weighted by Crippen LogP contribution is 2.09. The average Bonchev–Trinajstić information content (AvgIpc) is 1.67. The lowest BCUT2D eigenvalue weighted by Crippen LogP contribution is -2.15. The van der Waals surface area contributed by atoms with Crippen molar-refractivity contribution in [3.05, 3.63) is 0 Å². The fourth-order valence-electron chi connectivity index (χ4n) is 0.525. The second kappa shape index (κ2) is 4.56. The molecule has 0 bridgehead atoms. The molecule has 0 rings (SSSR count). The molecule has 0 fully saturated rings. The summed E-state index contributed by atoms with van der Waals surface area (Å²) in [5.74, 6) is 0. The Morgan fingerprint density at radius 3 is 2.25 bits per heavy atom. The molecule has 0 spiro atoms. The van der Waals surface area contributed by atoms with Gasteiger partial charge in [-0.25, -0.2) is 0 Å². The predicted molar refractivity (Wildman–Crippen MR) is 44.4 cm³/mol. The van der Waals surface area contributed by atoms with E-state index in [9.17, 15) is 0 Å². The van der Waals surface area contributed by atoms with E-state index in [-0.39, 0.29) is 6.10 Å². The first kappa shape index (κ1) is 8.69. The molecular weight excluding hydrogens is 215 g/mol. The van der Waals surface area contributed by atoms with Gasteiger partial charge in [0.25, 0.3) is 0 Å². The summed E-state index contributed by atoms with van der Waals surface area (Å²) in [6.45, 7) is 4.11. The van der Waals surface area contributed by atoms with Gasteiger partial charge in [-0.05, 0) is 6.42 Å². The zero-order valence-corrected chi connectivity index (χ0v) is 7.55. The number of aliphatic hydroxyl groups is 1. The minimum Gasteiger partial charge on any atom is -0.392 e. The Morgan fingerprint density at radius 1 is 1.62 bits per heavy atom. The molecule has 8 heavy (non-hydrogen) atoms. The van der Waals surface area contributed by atoms with E-state index in [1.807, 2.05) is 6.92 Å². The van der Waals surface area contributed by atoms with E-state index < -0.39 is 0 Å². The molecule has 0 aliphatic rings. The summed E-state index contributed by atoms with van der Waals surface area (Å²) in [5, 5.41) is 9.12. The molecule has 2 heteroatoms. The first-order chi connectivity index (χ1) is 3.68. The van der Waals surface area contributed by atoms with E-state index in [0.717, 1.165) is 12.8 Å². The third-order valence-corrected chi connectivity index (χ3v) is 1.94. The highest BCUT2D eigenvalue weighted by atomic mass is 127. The average molecular weight is 228 g/mol. The third-order valence-electron chi connectivity index (χ3n) is 1.11. The first-order valence-corrected chi connectivity index (χ1v) is 4.25. The van der Waals surface area contributed by atoms with Crippen LogP contribution >= 0.6 is 22.6 Å². The number of halogens is 1. The number of hydrogen-bond acceptors (Lipinski definition) is 1. The molecule has 0 saturated carbocycles. The normalized spacial score (nSPS) is 18.0. The molecule has 0 aliphatic carbocycles. The van der Waals surface area contributed by atoms with Crippen molar-refractivity contribution in [3.8, 4) is 0 Å². The molecule has 1 nitrogen and oxygen atoms in total. The molecule has 1 N–H and O–H groups in total. The van der Waals surface area contributed by atoms with Crippen molar-refractivity contribution >= 4 is 22.6 Å². The summed E-state index contributed by atoms with van der Waals surface area (Å²) in [6, 6.07) is 0. The topological polar surface area (TPSA) is 20.2 Å². The molecule has 0 aromatic carbocycles. The van der Waals surface area contributed by atoms with Gasteiger partial charge in [-0.1, -0.05) is 42.9 Å². The van der Waals surface area contributed by atoms with Crippen LogP contribution in [0.2, 0.25) is 0 Å². The van der Waals surface area contributed by atoms with Crippen LogP contribution in [-0.4, -0.2) is 15.1 Å². The highest BCUT2D eigenvalue weighted by Gasteiger charge is 2.07. The van der Waals surface area contributed by atoms with Gasteiger partial charge in [0, 0.05) is 3.92 Å². The van der Waals surface area contributed by atoms with Gasteiger partial charge in [0.15, 0.2) is 0 Å². The largest absolute Gasteiger partial charge is 0.392 e. The lowest BCUT2D eigenvalue weighted by atomic mass is 10.2. The lowest BCUT2D eigenvalue weighted by Gasteiger charge is -2.10. The smallest absolute Gasteiger partial charge is 0.0655 e. The first-order valence-electron chi connectivity index (χ1n) is 3.00. The maximum Gasteiger partial charge on any atom is 0.0655 e. The Bertz CT molecular complexity index is 54.5. The summed E-state index contributed by atoms with van der Waals surface area (Å²) in [5.41, 5.74) is 0. The number of rotatable bonds is 3. The van der Waals surface area contributed by atoms with Gasteiger partial charge in [-0.2, -0.15) is 0 Å². The number of hydrogen-bond donors (Lipinski definition) is 1. The van der Waals surface area contributed by atoms with Crippen molar-refractivity contribution in [1.82, 2.24) is 0 Å². The minimum atomic E-state index is -0.0967. The summed E-state index contributed by atoms with van der Waals surface area (Å²) in [4.78, 5) is 0. The fourth-order valence-corrected chi connectivity index (χ4v) is 0.885. The second-order valence-electron chi connectivity index (χ2n) is 2.03. The molecule has 0 saturated heterocycles. The monoisotopic (exact) mass is 228 g/mol. The van der Waals surface area contributed by atoms with Crippen LogP contribution in [0, 0.1) is 0 Å². The summed E-state index contributed by atoms with van der Waals surface area (Å²) >= 11 is 2.24. The van der Waals surface area contributed by atoms with E-state index in [1.54, 1.807) is 0 Å². The summed E-state index contributed by atoms with van der Waals surface area (Å²) in [7, 11) is 0. The van der Waals surface area contributed by atoms with Crippen molar-refractivity contribution < 1.29 is 5.11 Å². The lowest BCUT2D eigenvalue weighted by molar-refractivity contribution is 0.169. The molecule has 2 atom stereocenters. The van der Waals surface area contributed by atoms with Gasteiger partial charge in [0.05, 0.1) is 6.10 Å². The van der Waals surface area contributed by atoms with E-state index in [4.69, 9.17) is 5.11 Å². The maximum atomic E-state index is 9.12. The molecule has 2 unspecified atom stereocenters. The van der Waals surface area contributed by atoms with E-state index in [0.29, 0.717) is 3.92 Å². The second-order valence-corrected chi connectivity index (χ2v) is 4.00. The van der Waals surface area contributed by atoms with Crippen LogP contribution in [0.25, 0.3) is 0 Å². The Morgan fingerprint density at radius 2 is 2.12 bits per heavy atom. The van der Waals surface area contributed by atoms with Crippen LogP contribution in [0.4, 0.5) is 0 Å². The molecular formula is C6H13IO. The molecule has 0 amide bonds. The molecule has 0 aromatic rings. The highest BCUT2D eigenvalue weighted by molar-refractivity contribution is 14.1. The van der Waals surface area contributed by atoms with Crippen LogP contribution < -0.4 is 0 Å². The summed E-state index contributed by atoms with van der Waals surface area (Å²) < 4.78 is 0.396. The van der Waals surface area contributed by atoms with Crippen molar-refractivity contribution in [3.63, 3.8) is 0 Å². The van der Waals surface area contributed by atoms with Gasteiger partial charge >= 0.3 is 0 Å². The quantitative estimate of drug-likeness (QED) is 0.578.